The fourth-order valence-electron chi connectivity index (χ4n) is 3.39. The van der Waals surface area contributed by atoms with Crippen molar-refractivity contribution in [2.24, 2.45) is 11.7 Å². The Morgan fingerprint density at radius 1 is 1.00 bits per heavy atom. The minimum Gasteiger partial charge on any atom is -0.327 e. The monoisotopic (exact) mass is 344 g/mol. The average molecular weight is 345 g/mol. The van der Waals surface area contributed by atoms with E-state index in [-0.39, 0.29) is 24.4 Å². The summed E-state index contributed by atoms with van der Waals surface area (Å²) in [6, 6.07) is 18.2. The van der Waals surface area contributed by atoms with Crippen molar-refractivity contribution in [1.29, 1.82) is 0 Å². The molecule has 0 radical (unpaired) electrons. The van der Waals surface area contributed by atoms with Gasteiger partial charge in [-0.2, -0.15) is 0 Å². The largest absolute Gasteiger partial charge is 0.327 e. The van der Waals surface area contributed by atoms with Crippen LogP contribution in [0, 0.1) is 5.92 Å². The lowest BCUT2D eigenvalue weighted by Crippen LogP contribution is -2.35. The molecule has 3 rings (SSSR count). The molecule has 4 heteroatoms. The summed E-state index contributed by atoms with van der Waals surface area (Å²) in [6.07, 6.45) is 5.00. The minimum absolute atomic E-state index is 0. The van der Waals surface area contributed by atoms with Crippen molar-refractivity contribution in [3.8, 4) is 11.1 Å². The molecule has 0 aromatic heterocycles. The predicted octanol–water partition coefficient (Wildman–Crippen LogP) is 4.62. The van der Waals surface area contributed by atoms with Crippen LogP contribution in [-0.2, 0) is 4.79 Å². The van der Waals surface area contributed by atoms with Crippen LogP contribution in [0.1, 0.15) is 32.1 Å². The summed E-state index contributed by atoms with van der Waals surface area (Å²) in [7, 11) is 0. The van der Waals surface area contributed by atoms with Crippen LogP contribution in [0.4, 0.5) is 5.69 Å². The molecule has 2 atom stereocenters. The molecular weight excluding hydrogens is 320 g/mol. The highest BCUT2D eigenvalue weighted by molar-refractivity contribution is 5.95. The highest BCUT2D eigenvalue weighted by atomic mass is 35.5. The van der Waals surface area contributed by atoms with Crippen LogP contribution < -0.4 is 11.1 Å². The van der Waals surface area contributed by atoms with E-state index >= 15 is 0 Å². The highest BCUT2D eigenvalue weighted by Gasteiger charge is 2.24. The van der Waals surface area contributed by atoms with Gasteiger partial charge in [0.1, 0.15) is 0 Å². The molecule has 0 bridgehead atoms. The van der Waals surface area contributed by atoms with Crippen LogP contribution in [0.25, 0.3) is 11.1 Å². The van der Waals surface area contributed by atoms with Crippen molar-refractivity contribution in [2.45, 2.75) is 38.1 Å². The van der Waals surface area contributed by atoms with Gasteiger partial charge in [0.2, 0.25) is 5.91 Å². The second-order valence-corrected chi connectivity index (χ2v) is 6.37. The summed E-state index contributed by atoms with van der Waals surface area (Å²) in [6.45, 7) is 0. The number of carbonyl (C=O) groups is 1. The van der Waals surface area contributed by atoms with Crippen molar-refractivity contribution in [2.75, 3.05) is 5.32 Å². The maximum Gasteiger partial charge on any atom is 0.224 e. The molecule has 2 unspecified atom stereocenters. The number of halogens is 1. The Bertz CT molecular complexity index is 660. The van der Waals surface area contributed by atoms with E-state index in [1.165, 1.54) is 12.8 Å². The van der Waals surface area contributed by atoms with Gasteiger partial charge < -0.3 is 11.1 Å². The highest BCUT2D eigenvalue weighted by Crippen LogP contribution is 2.29. The van der Waals surface area contributed by atoms with E-state index in [0.717, 1.165) is 29.7 Å². The first-order valence-electron chi connectivity index (χ1n) is 8.44. The number of hydrogen-bond donors (Lipinski definition) is 2. The van der Waals surface area contributed by atoms with Gasteiger partial charge in [-0.15, -0.1) is 12.4 Å². The molecule has 1 aliphatic carbocycles. The number of para-hydroxylation sites is 1. The van der Waals surface area contributed by atoms with Gasteiger partial charge in [-0.25, -0.2) is 0 Å². The van der Waals surface area contributed by atoms with Gasteiger partial charge in [0.15, 0.2) is 0 Å². The molecule has 2 aromatic rings. The molecule has 2 aromatic carbocycles. The molecule has 1 amide bonds. The standard InChI is InChI=1S/C20H24N2O.ClH/c21-18-12-6-4-10-16(18)14-20(23)22-19-13-7-5-11-17(19)15-8-2-1-3-9-15;/h1-3,5,7-9,11,13,16,18H,4,6,10,12,14,21H2,(H,22,23);1H. The van der Waals surface area contributed by atoms with E-state index in [1.807, 2.05) is 42.5 Å². The molecule has 0 spiro atoms. The fraction of sp³-hybridized carbons (Fsp3) is 0.350. The number of carbonyl (C=O) groups excluding carboxylic acids is 1. The molecule has 128 valence electrons. The van der Waals surface area contributed by atoms with E-state index in [1.54, 1.807) is 0 Å². The Morgan fingerprint density at radius 3 is 2.42 bits per heavy atom. The van der Waals surface area contributed by atoms with Gasteiger partial charge in [0.25, 0.3) is 0 Å². The lowest BCUT2D eigenvalue weighted by molar-refractivity contribution is -0.117. The second kappa shape index (κ2) is 8.86. The molecule has 1 fully saturated rings. The van der Waals surface area contributed by atoms with Crippen LogP contribution >= 0.6 is 12.4 Å². The Labute approximate surface area is 150 Å². The van der Waals surface area contributed by atoms with E-state index in [4.69, 9.17) is 5.73 Å². The van der Waals surface area contributed by atoms with Crippen LogP contribution in [0.2, 0.25) is 0 Å². The summed E-state index contributed by atoms with van der Waals surface area (Å²) in [5, 5.41) is 3.08. The van der Waals surface area contributed by atoms with Gasteiger partial charge in [0, 0.05) is 23.7 Å². The number of nitrogens with one attached hydrogen (secondary N) is 1. The smallest absolute Gasteiger partial charge is 0.224 e. The zero-order chi connectivity index (χ0) is 16.1. The van der Waals surface area contributed by atoms with E-state index < -0.39 is 0 Å². The molecule has 0 aliphatic heterocycles. The van der Waals surface area contributed by atoms with Crippen molar-refractivity contribution in [1.82, 2.24) is 0 Å². The number of amides is 1. The first-order valence-corrected chi connectivity index (χ1v) is 8.44. The van der Waals surface area contributed by atoms with E-state index in [9.17, 15) is 4.79 Å². The van der Waals surface area contributed by atoms with Crippen LogP contribution in [-0.4, -0.2) is 11.9 Å². The molecule has 0 saturated heterocycles. The summed E-state index contributed by atoms with van der Waals surface area (Å²) in [4.78, 5) is 12.4. The summed E-state index contributed by atoms with van der Waals surface area (Å²) >= 11 is 0. The van der Waals surface area contributed by atoms with Crippen molar-refractivity contribution < 1.29 is 4.79 Å². The fourth-order valence-corrected chi connectivity index (χ4v) is 3.39. The maximum absolute atomic E-state index is 12.4. The van der Waals surface area contributed by atoms with E-state index in [2.05, 4.69) is 17.4 Å². The summed E-state index contributed by atoms with van der Waals surface area (Å²) in [5.41, 5.74) is 9.19. The Kier molecular flexibility index (Phi) is 6.83. The van der Waals surface area contributed by atoms with Crippen molar-refractivity contribution in [3.63, 3.8) is 0 Å². The average Bonchev–Trinajstić information content (AvgIpc) is 2.58. The van der Waals surface area contributed by atoms with Gasteiger partial charge in [0.05, 0.1) is 0 Å². The zero-order valence-electron chi connectivity index (χ0n) is 13.8. The number of benzene rings is 2. The van der Waals surface area contributed by atoms with Gasteiger partial charge in [-0.1, -0.05) is 61.4 Å². The predicted molar refractivity (Wildman–Crippen MR) is 102 cm³/mol. The lowest BCUT2D eigenvalue weighted by atomic mass is 9.83. The number of nitrogens with two attached hydrogens (primary N) is 1. The third kappa shape index (κ3) is 4.59. The Hall–Kier alpha value is -1.84. The number of anilines is 1. The normalized spacial score (nSPS) is 20.0. The zero-order valence-corrected chi connectivity index (χ0v) is 14.6. The van der Waals surface area contributed by atoms with Gasteiger partial charge in [-0.05, 0) is 30.4 Å². The first kappa shape index (κ1) is 18.5. The molecular formula is C20H25ClN2O. The van der Waals surface area contributed by atoms with Crippen molar-refractivity contribution in [3.05, 3.63) is 54.6 Å². The molecule has 3 N–H and O–H groups in total. The van der Waals surface area contributed by atoms with Gasteiger partial charge >= 0.3 is 0 Å². The van der Waals surface area contributed by atoms with Crippen molar-refractivity contribution >= 4 is 24.0 Å². The molecule has 3 nitrogen and oxygen atoms in total. The second-order valence-electron chi connectivity index (χ2n) is 6.37. The topological polar surface area (TPSA) is 55.1 Å². The SMILES string of the molecule is Cl.NC1CCCCC1CC(=O)Nc1ccccc1-c1ccccc1. The Morgan fingerprint density at radius 2 is 1.67 bits per heavy atom. The quantitative estimate of drug-likeness (QED) is 0.850. The third-order valence-electron chi connectivity index (χ3n) is 4.70. The summed E-state index contributed by atoms with van der Waals surface area (Å²) < 4.78 is 0. The molecule has 1 aliphatic rings. The van der Waals surface area contributed by atoms with Crippen LogP contribution in [0.15, 0.2) is 54.6 Å². The van der Waals surface area contributed by atoms with Crippen LogP contribution in [0.5, 0.6) is 0 Å². The molecule has 0 heterocycles. The van der Waals surface area contributed by atoms with Crippen LogP contribution in [0.3, 0.4) is 0 Å². The Balaban J connectivity index is 0.00000208. The third-order valence-corrected chi connectivity index (χ3v) is 4.70. The number of hydrogen-bond acceptors (Lipinski definition) is 2. The summed E-state index contributed by atoms with van der Waals surface area (Å²) in [5.74, 6) is 0.378. The first-order chi connectivity index (χ1) is 11.2. The van der Waals surface area contributed by atoms with Gasteiger partial charge in [-0.3, -0.25) is 4.79 Å². The maximum atomic E-state index is 12.4. The minimum atomic E-state index is 0. The van der Waals surface area contributed by atoms with E-state index in [0.29, 0.717) is 12.3 Å². The molecule has 1 saturated carbocycles. The molecule has 24 heavy (non-hydrogen) atoms. The number of rotatable bonds is 4. The lowest BCUT2D eigenvalue weighted by Gasteiger charge is -2.28.